The van der Waals surface area contributed by atoms with E-state index in [1.807, 2.05) is 0 Å². The summed E-state index contributed by atoms with van der Waals surface area (Å²) in [4.78, 5) is 15.5. The van der Waals surface area contributed by atoms with E-state index in [-0.39, 0.29) is 5.13 Å². The van der Waals surface area contributed by atoms with Crippen LogP contribution >= 0.6 is 11.3 Å². The zero-order chi connectivity index (χ0) is 17.5. The molecule has 1 amide bonds. The number of anilines is 1. The van der Waals surface area contributed by atoms with Crippen LogP contribution in [-0.4, -0.2) is 36.9 Å². The van der Waals surface area contributed by atoms with Gasteiger partial charge in [-0.25, -0.2) is 4.98 Å². The number of nitrogens with one attached hydrogen (secondary N) is 1. The summed E-state index contributed by atoms with van der Waals surface area (Å²) >= 11 is 1.13. The van der Waals surface area contributed by atoms with Crippen molar-refractivity contribution in [2.75, 3.05) is 5.32 Å². The Morgan fingerprint density at radius 1 is 1.46 bits per heavy atom. The Morgan fingerprint density at radius 3 is 2.71 bits per heavy atom. The average Bonchev–Trinajstić information content (AvgIpc) is 3.07. The van der Waals surface area contributed by atoms with Gasteiger partial charge in [-0.1, -0.05) is 11.3 Å². The normalized spacial score (nSPS) is 17.5. The quantitative estimate of drug-likeness (QED) is 0.849. The van der Waals surface area contributed by atoms with Gasteiger partial charge in [-0.3, -0.25) is 4.79 Å². The lowest BCUT2D eigenvalue weighted by Gasteiger charge is -2.29. The first-order chi connectivity index (χ1) is 11.2. The maximum Gasteiger partial charge on any atom is 0.425 e. The minimum absolute atomic E-state index is 0.117. The molecule has 2 N–H and O–H groups in total. The summed E-state index contributed by atoms with van der Waals surface area (Å²) in [6, 6.07) is 0. The first-order valence-corrected chi connectivity index (χ1v) is 7.92. The molecule has 0 bridgehead atoms. The van der Waals surface area contributed by atoms with E-state index in [2.05, 4.69) is 20.5 Å². The van der Waals surface area contributed by atoms with Crippen molar-refractivity contribution in [1.29, 1.82) is 0 Å². The molecule has 7 nitrogen and oxygen atoms in total. The van der Waals surface area contributed by atoms with Crippen molar-refractivity contribution in [2.45, 2.75) is 37.0 Å². The van der Waals surface area contributed by atoms with Crippen LogP contribution in [0.15, 0.2) is 12.4 Å². The summed E-state index contributed by atoms with van der Waals surface area (Å²) in [5.41, 5.74) is -3.39. The zero-order valence-corrected chi connectivity index (χ0v) is 13.4. The summed E-state index contributed by atoms with van der Waals surface area (Å²) in [7, 11) is 1.31. The summed E-state index contributed by atoms with van der Waals surface area (Å²) in [5, 5.41) is 20.9. The molecule has 1 fully saturated rings. The van der Waals surface area contributed by atoms with E-state index in [9.17, 15) is 23.1 Å². The second kappa shape index (κ2) is 5.81. The summed E-state index contributed by atoms with van der Waals surface area (Å²) in [5.74, 6) is -1.34. The monoisotopic (exact) mass is 361 g/mol. The SMILES string of the molecule is Cn1ccnc1[C@@](O)(CC(=O)Nc1nnc(C2CC2)s1)C(F)(F)F. The molecule has 0 aliphatic heterocycles. The Morgan fingerprint density at radius 2 is 2.17 bits per heavy atom. The largest absolute Gasteiger partial charge is 0.425 e. The standard InChI is InChI=1S/C13H14F3N5O2S/c1-21-5-4-17-10(21)12(23,13(14,15)16)6-8(22)18-11-20-19-9(24-11)7-2-3-7/h4-5,7,23H,2-3,6H2,1H3,(H,18,20,22)/t12-/m0/s1. The van der Waals surface area contributed by atoms with Crippen LogP contribution in [-0.2, 0) is 17.4 Å². The predicted molar refractivity (Wildman–Crippen MR) is 78.3 cm³/mol. The molecule has 3 rings (SSSR count). The van der Waals surface area contributed by atoms with Gasteiger partial charge in [-0.2, -0.15) is 13.2 Å². The van der Waals surface area contributed by atoms with Crippen LogP contribution in [0.2, 0.25) is 0 Å². The summed E-state index contributed by atoms with van der Waals surface area (Å²) in [6.07, 6.45) is -1.91. The van der Waals surface area contributed by atoms with E-state index in [1.54, 1.807) is 0 Å². The number of carbonyl (C=O) groups is 1. The van der Waals surface area contributed by atoms with Gasteiger partial charge in [-0.15, -0.1) is 10.2 Å². The highest BCUT2D eigenvalue weighted by Gasteiger charge is 2.58. The maximum atomic E-state index is 13.4. The Labute approximate surface area is 138 Å². The Hall–Kier alpha value is -2.01. The third-order valence-electron chi connectivity index (χ3n) is 3.69. The molecule has 2 heterocycles. The summed E-state index contributed by atoms with van der Waals surface area (Å²) in [6.45, 7) is 0. The molecular formula is C13H14F3N5O2S. The molecule has 2 aromatic heterocycles. The van der Waals surface area contributed by atoms with Crippen molar-refractivity contribution >= 4 is 22.4 Å². The van der Waals surface area contributed by atoms with Crippen molar-refractivity contribution in [3.8, 4) is 0 Å². The van der Waals surface area contributed by atoms with Gasteiger partial charge in [0.25, 0.3) is 0 Å². The van der Waals surface area contributed by atoms with Crippen LogP contribution in [0.3, 0.4) is 0 Å². The molecule has 0 unspecified atom stereocenters. The fraction of sp³-hybridized carbons (Fsp3) is 0.538. The minimum Gasteiger partial charge on any atom is -0.374 e. The third kappa shape index (κ3) is 3.13. The maximum absolute atomic E-state index is 13.4. The van der Waals surface area contributed by atoms with Crippen LogP contribution in [0.25, 0.3) is 0 Å². The number of aromatic nitrogens is 4. The second-order valence-corrected chi connectivity index (χ2v) is 6.67. The van der Waals surface area contributed by atoms with Gasteiger partial charge in [0.05, 0.1) is 6.42 Å². The number of nitrogens with zero attached hydrogens (tertiary/aromatic N) is 4. The molecule has 0 aromatic carbocycles. The minimum atomic E-state index is -5.07. The Kier molecular flexibility index (Phi) is 4.08. The van der Waals surface area contributed by atoms with Crippen LogP contribution < -0.4 is 5.32 Å². The van der Waals surface area contributed by atoms with Crippen LogP contribution in [0, 0.1) is 0 Å². The number of halogens is 3. The molecule has 1 atom stereocenters. The predicted octanol–water partition coefficient (Wildman–Crippen LogP) is 1.93. The highest BCUT2D eigenvalue weighted by molar-refractivity contribution is 7.15. The molecule has 11 heteroatoms. The molecule has 2 aromatic rings. The van der Waals surface area contributed by atoms with E-state index in [4.69, 9.17) is 0 Å². The molecular weight excluding hydrogens is 347 g/mol. The first kappa shape index (κ1) is 16.8. The molecule has 1 saturated carbocycles. The van der Waals surface area contributed by atoms with Crippen LogP contribution in [0.1, 0.15) is 36.0 Å². The van der Waals surface area contributed by atoms with Crippen molar-refractivity contribution in [1.82, 2.24) is 19.7 Å². The molecule has 1 aliphatic carbocycles. The molecule has 0 saturated heterocycles. The number of alkyl halides is 3. The first-order valence-electron chi connectivity index (χ1n) is 7.11. The van der Waals surface area contributed by atoms with E-state index in [1.165, 1.54) is 13.2 Å². The fourth-order valence-corrected chi connectivity index (χ4v) is 3.17. The van der Waals surface area contributed by atoms with Crippen molar-refractivity contribution in [3.63, 3.8) is 0 Å². The molecule has 1 aliphatic rings. The highest BCUT2D eigenvalue weighted by atomic mass is 32.1. The number of aliphatic hydroxyl groups is 1. The van der Waals surface area contributed by atoms with Crippen LogP contribution in [0.5, 0.6) is 0 Å². The number of hydrogen-bond donors (Lipinski definition) is 2. The van der Waals surface area contributed by atoms with Gasteiger partial charge < -0.3 is 15.0 Å². The van der Waals surface area contributed by atoms with Gasteiger partial charge in [0, 0.05) is 25.4 Å². The number of rotatable bonds is 5. The van der Waals surface area contributed by atoms with Gasteiger partial charge in [0.2, 0.25) is 16.6 Å². The van der Waals surface area contributed by atoms with E-state index in [0.717, 1.165) is 39.9 Å². The number of hydrogen-bond acceptors (Lipinski definition) is 6. The van der Waals surface area contributed by atoms with Crippen LogP contribution in [0.4, 0.5) is 18.3 Å². The zero-order valence-electron chi connectivity index (χ0n) is 12.5. The Balaban J connectivity index is 1.77. The van der Waals surface area contributed by atoms with E-state index >= 15 is 0 Å². The van der Waals surface area contributed by atoms with Gasteiger partial charge in [0.15, 0.2) is 5.82 Å². The third-order valence-corrected chi connectivity index (χ3v) is 4.69. The lowest BCUT2D eigenvalue weighted by molar-refractivity contribution is -0.270. The second-order valence-electron chi connectivity index (χ2n) is 5.66. The number of imidazole rings is 1. The average molecular weight is 361 g/mol. The van der Waals surface area contributed by atoms with Crippen molar-refractivity contribution in [3.05, 3.63) is 23.2 Å². The number of carbonyl (C=O) groups excluding carboxylic acids is 1. The number of amides is 1. The van der Waals surface area contributed by atoms with E-state index in [0.29, 0.717) is 5.92 Å². The summed E-state index contributed by atoms with van der Waals surface area (Å²) < 4.78 is 41.1. The fourth-order valence-electron chi connectivity index (χ4n) is 2.25. The molecule has 130 valence electrons. The van der Waals surface area contributed by atoms with Gasteiger partial charge >= 0.3 is 6.18 Å². The molecule has 24 heavy (non-hydrogen) atoms. The van der Waals surface area contributed by atoms with Gasteiger partial charge in [0.1, 0.15) is 5.01 Å². The number of aryl methyl sites for hydroxylation is 1. The van der Waals surface area contributed by atoms with Crippen molar-refractivity contribution in [2.24, 2.45) is 7.05 Å². The van der Waals surface area contributed by atoms with Gasteiger partial charge in [-0.05, 0) is 12.8 Å². The highest BCUT2D eigenvalue weighted by Crippen LogP contribution is 2.43. The molecule has 0 radical (unpaired) electrons. The van der Waals surface area contributed by atoms with Crippen molar-refractivity contribution < 1.29 is 23.1 Å². The Bertz CT molecular complexity index is 755. The lowest BCUT2D eigenvalue weighted by Crippen LogP contribution is -2.46. The topological polar surface area (TPSA) is 92.9 Å². The smallest absolute Gasteiger partial charge is 0.374 e. The lowest BCUT2D eigenvalue weighted by atomic mass is 9.97. The molecule has 0 spiro atoms. The van der Waals surface area contributed by atoms with E-state index < -0.39 is 29.9 Å².